The molecule has 0 N–H and O–H groups in total. The van der Waals surface area contributed by atoms with Gasteiger partial charge in [0.2, 0.25) is 5.78 Å². The first-order valence-electron chi connectivity index (χ1n) is 9.76. The van der Waals surface area contributed by atoms with Gasteiger partial charge in [0.1, 0.15) is 18.1 Å². The predicted molar refractivity (Wildman–Crippen MR) is 116 cm³/mol. The number of rotatable bonds is 4. The maximum atomic E-state index is 12.8. The summed E-state index contributed by atoms with van der Waals surface area (Å²) in [6.45, 7) is 8.60. The highest BCUT2D eigenvalue weighted by atomic mass is 16.5. The van der Waals surface area contributed by atoms with Gasteiger partial charge in [0.25, 0.3) is 0 Å². The second-order valence-corrected chi connectivity index (χ2v) is 7.63. The van der Waals surface area contributed by atoms with E-state index in [9.17, 15) is 4.79 Å². The fourth-order valence-electron chi connectivity index (χ4n) is 3.45. The van der Waals surface area contributed by atoms with E-state index in [0.29, 0.717) is 23.7 Å². The maximum absolute atomic E-state index is 12.8. The number of carbonyl (C=O) groups is 1. The Morgan fingerprint density at radius 1 is 0.897 bits per heavy atom. The number of ketones is 1. The minimum atomic E-state index is -0.0928. The highest BCUT2D eigenvalue weighted by Gasteiger charge is 2.30. The number of hydrogen-bond acceptors (Lipinski definition) is 3. The molecule has 0 fully saturated rings. The molecule has 146 valence electrons. The third-order valence-corrected chi connectivity index (χ3v) is 5.30. The van der Waals surface area contributed by atoms with Gasteiger partial charge >= 0.3 is 0 Å². The molecule has 4 rings (SSSR count). The summed E-state index contributed by atoms with van der Waals surface area (Å²) in [5.74, 6) is 1.57. The van der Waals surface area contributed by atoms with Gasteiger partial charge in [-0.25, -0.2) is 0 Å². The predicted octanol–water partition coefficient (Wildman–Crippen LogP) is 6.12. The standard InChI is InChI=1S/C26H24O3/c1-16-6-9-20(10-7-16)14-24-25(27)22-11-12-23(19(4)26(22)29-24)28-15-21-13-17(2)5-8-18(21)3/h5-14H,15H2,1-4H3/b24-14-. The smallest absolute Gasteiger partial charge is 0.231 e. The SMILES string of the molecule is Cc1ccc(/C=C2\Oc3c(ccc(OCc4cc(C)ccc4C)c3C)C2=O)cc1. The normalized spacial score (nSPS) is 14.1. The first kappa shape index (κ1) is 19.0. The Kier molecular flexibility index (Phi) is 4.98. The molecule has 0 aromatic heterocycles. The number of allylic oxidation sites excluding steroid dienone is 1. The summed E-state index contributed by atoms with van der Waals surface area (Å²) < 4.78 is 12.0. The molecule has 3 aromatic rings. The van der Waals surface area contributed by atoms with Gasteiger partial charge in [0.15, 0.2) is 5.76 Å². The van der Waals surface area contributed by atoms with Crippen LogP contribution in [-0.4, -0.2) is 5.78 Å². The Labute approximate surface area is 171 Å². The van der Waals surface area contributed by atoms with Gasteiger partial charge in [-0.3, -0.25) is 4.79 Å². The molecule has 0 atom stereocenters. The highest BCUT2D eigenvalue weighted by molar-refractivity contribution is 6.14. The second-order valence-electron chi connectivity index (χ2n) is 7.63. The molecule has 1 aliphatic heterocycles. The van der Waals surface area contributed by atoms with Crippen molar-refractivity contribution in [3.8, 4) is 11.5 Å². The molecule has 0 spiro atoms. The maximum Gasteiger partial charge on any atom is 0.231 e. The lowest BCUT2D eigenvalue weighted by Crippen LogP contribution is -2.00. The zero-order valence-corrected chi connectivity index (χ0v) is 17.2. The molecule has 0 saturated heterocycles. The second kappa shape index (κ2) is 7.59. The topological polar surface area (TPSA) is 35.5 Å². The van der Waals surface area contributed by atoms with E-state index in [4.69, 9.17) is 9.47 Å². The lowest BCUT2D eigenvalue weighted by atomic mass is 10.0. The van der Waals surface area contributed by atoms with Gasteiger partial charge < -0.3 is 9.47 Å². The van der Waals surface area contributed by atoms with E-state index in [-0.39, 0.29) is 5.78 Å². The molecule has 0 saturated carbocycles. The number of carbonyl (C=O) groups excluding carboxylic acids is 1. The molecule has 0 aliphatic carbocycles. The molecule has 29 heavy (non-hydrogen) atoms. The van der Waals surface area contributed by atoms with E-state index in [0.717, 1.165) is 22.4 Å². The minimum Gasteiger partial charge on any atom is -0.488 e. The van der Waals surface area contributed by atoms with Crippen molar-refractivity contribution in [1.82, 2.24) is 0 Å². The van der Waals surface area contributed by atoms with E-state index in [2.05, 4.69) is 32.0 Å². The average Bonchev–Trinajstić information content (AvgIpc) is 3.02. The molecule has 3 heteroatoms. The van der Waals surface area contributed by atoms with Gasteiger partial charge in [-0.15, -0.1) is 0 Å². The summed E-state index contributed by atoms with van der Waals surface area (Å²) in [7, 11) is 0. The van der Waals surface area contributed by atoms with Crippen LogP contribution in [0.5, 0.6) is 11.5 Å². The van der Waals surface area contributed by atoms with Gasteiger partial charge in [0.05, 0.1) is 5.56 Å². The summed E-state index contributed by atoms with van der Waals surface area (Å²) in [5.41, 5.74) is 7.10. The van der Waals surface area contributed by atoms with E-state index in [1.54, 1.807) is 12.1 Å². The minimum absolute atomic E-state index is 0.0928. The van der Waals surface area contributed by atoms with Crippen molar-refractivity contribution >= 4 is 11.9 Å². The van der Waals surface area contributed by atoms with E-state index >= 15 is 0 Å². The zero-order chi connectivity index (χ0) is 20.5. The van der Waals surface area contributed by atoms with Crippen LogP contribution < -0.4 is 9.47 Å². The van der Waals surface area contributed by atoms with E-state index < -0.39 is 0 Å². The van der Waals surface area contributed by atoms with Crippen LogP contribution in [0.2, 0.25) is 0 Å². The number of benzene rings is 3. The van der Waals surface area contributed by atoms with Crippen LogP contribution in [0.15, 0.2) is 60.4 Å². The Hall–Kier alpha value is -3.33. The molecule has 3 aromatic carbocycles. The molecule has 0 bridgehead atoms. The molecule has 3 nitrogen and oxygen atoms in total. The summed E-state index contributed by atoms with van der Waals surface area (Å²) in [6.07, 6.45) is 1.79. The molecular weight excluding hydrogens is 360 g/mol. The summed E-state index contributed by atoms with van der Waals surface area (Å²) in [6, 6.07) is 18.0. The fraction of sp³-hybridized carbons (Fsp3) is 0.192. The third kappa shape index (κ3) is 3.81. The van der Waals surface area contributed by atoms with Gasteiger partial charge in [0, 0.05) is 5.56 Å². The van der Waals surface area contributed by atoms with Crippen LogP contribution in [0.25, 0.3) is 6.08 Å². The quantitative estimate of drug-likeness (QED) is 0.509. The fourth-order valence-corrected chi connectivity index (χ4v) is 3.45. The van der Waals surface area contributed by atoms with Crippen molar-refractivity contribution < 1.29 is 14.3 Å². The molecule has 1 heterocycles. The van der Waals surface area contributed by atoms with E-state index in [1.807, 2.05) is 44.2 Å². The largest absolute Gasteiger partial charge is 0.488 e. The average molecular weight is 384 g/mol. The molecular formula is C26H24O3. The Morgan fingerprint density at radius 2 is 1.62 bits per heavy atom. The number of hydrogen-bond donors (Lipinski definition) is 0. The Bertz CT molecular complexity index is 1120. The zero-order valence-electron chi connectivity index (χ0n) is 17.2. The summed E-state index contributed by atoms with van der Waals surface area (Å²) in [4.78, 5) is 12.8. The number of ether oxygens (including phenoxy) is 2. The van der Waals surface area contributed by atoms with Gasteiger partial charge in [-0.1, -0.05) is 53.6 Å². The lowest BCUT2D eigenvalue weighted by Gasteiger charge is -2.13. The van der Waals surface area contributed by atoms with Crippen LogP contribution in [0.4, 0.5) is 0 Å². The van der Waals surface area contributed by atoms with Gasteiger partial charge in [-0.05, 0) is 62.6 Å². The first-order valence-corrected chi connectivity index (χ1v) is 9.76. The van der Waals surface area contributed by atoms with Crippen LogP contribution in [0.3, 0.4) is 0 Å². The highest BCUT2D eigenvalue weighted by Crippen LogP contribution is 2.39. The monoisotopic (exact) mass is 384 g/mol. The Balaban J connectivity index is 1.58. The summed E-state index contributed by atoms with van der Waals surface area (Å²) in [5, 5.41) is 0. The lowest BCUT2D eigenvalue weighted by molar-refractivity contribution is 0.101. The first-order chi connectivity index (χ1) is 13.9. The van der Waals surface area contributed by atoms with Crippen LogP contribution in [0.1, 0.15) is 43.7 Å². The Morgan fingerprint density at radius 3 is 2.38 bits per heavy atom. The van der Waals surface area contributed by atoms with Crippen LogP contribution in [-0.2, 0) is 6.61 Å². The molecule has 1 aliphatic rings. The molecule has 0 amide bonds. The van der Waals surface area contributed by atoms with Crippen molar-refractivity contribution in [2.45, 2.75) is 34.3 Å². The number of aryl methyl sites for hydroxylation is 3. The number of Topliss-reactive ketones (excluding diaryl/α,β-unsaturated/α-hetero) is 1. The van der Waals surface area contributed by atoms with Crippen LogP contribution in [0, 0.1) is 27.7 Å². The van der Waals surface area contributed by atoms with E-state index in [1.165, 1.54) is 16.7 Å². The molecule has 0 radical (unpaired) electrons. The molecule has 0 unspecified atom stereocenters. The van der Waals surface area contributed by atoms with Crippen molar-refractivity contribution in [3.05, 3.63) is 99.3 Å². The van der Waals surface area contributed by atoms with Crippen LogP contribution >= 0.6 is 0 Å². The van der Waals surface area contributed by atoms with Crippen molar-refractivity contribution in [2.75, 3.05) is 0 Å². The van der Waals surface area contributed by atoms with Crippen molar-refractivity contribution in [1.29, 1.82) is 0 Å². The van der Waals surface area contributed by atoms with Gasteiger partial charge in [-0.2, -0.15) is 0 Å². The number of fused-ring (bicyclic) bond motifs is 1. The summed E-state index contributed by atoms with van der Waals surface area (Å²) >= 11 is 0. The third-order valence-electron chi connectivity index (χ3n) is 5.30. The van der Waals surface area contributed by atoms with Crippen molar-refractivity contribution in [2.24, 2.45) is 0 Å². The van der Waals surface area contributed by atoms with Crippen molar-refractivity contribution in [3.63, 3.8) is 0 Å².